The summed E-state index contributed by atoms with van der Waals surface area (Å²) in [5.41, 5.74) is 1.53. The van der Waals surface area contributed by atoms with Gasteiger partial charge in [-0.2, -0.15) is 0 Å². The Morgan fingerprint density at radius 3 is 2.81 bits per heavy atom. The second kappa shape index (κ2) is 8.69. The van der Waals surface area contributed by atoms with Crippen molar-refractivity contribution in [2.24, 2.45) is 0 Å². The Bertz CT molecular complexity index is 869. The molecule has 7 heteroatoms. The number of halogens is 2. The average Bonchev–Trinajstić information content (AvgIpc) is 3.10. The van der Waals surface area contributed by atoms with Crippen molar-refractivity contribution in [3.63, 3.8) is 0 Å². The molecule has 0 fully saturated rings. The molecular weight excluding hydrogens is 357 g/mol. The van der Waals surface area contributed by atoms with Crippen LogP contribution in [-0.4, -0.2) is 30.0 Å². The first-order valence-corrected chi connectivity index (χ1v) is 8.54. The first-order chi connectivity index (χ1) is 12.7. The maximum atomic E-state index is 13.2. The van der Waals surface area contributed by atoms with Crippen molar-refractivity contribution < 1.29 is 13.9 Å². The van der Waals surface area contributed by atoms with E-state index in [-0.39, 0.29) is 12.4 Å². The predicted molar refractivity (Wildman–Crippen MR) is 98.7 cm³/mol. The molecule has 26 heavy (non-hydrogen) atoms. The molecule has 3 aromatic rings. The van der Waals surface area contributed by atoms with Gasteiger partial charge in [-0.3, -0.25) is 0 Å². The molecule has 1 heterocycles. The Morgan fingerprint density at radius 2 is 2.04 bits per heavy atom. The van der Waals surface area contributed by atoms with E-state index in [1.807, 2.05) is 13.1 Å². The average molecular weight is 376 g/mol. The van der Waals surface area contributed by atoms with Crippen LogP contribution in [0, 0.1) is 5.82 Å². The topological polar surface area (TPSA) is 48.3 Å². The molecule has 0 aliphatic carbocycles. The molecule has 0 radical (unpaired) electrons. The Balaban J connectivity index is 1.65. The van der Waals surface area contributed by atoms with Crippen LogP contribution >= 0.6 is 11.6 Å². The van der Waals surface area contributed by atoms with Gasteiger partial charge in [-0.25, -0.2) is 9.07 Å². The van der Waals surface area contributed by atoms with Gasteiger partial charge in [-0.1, -0.05) is 23.7 Å². The molecule has 0 unspecified atom stereocenters. The van der Waals surface area contributed by atoms with Gasteiger partial charge < -0.3 is 14.8 Å². The molecular formula is C19H19ClFN3O2. The Labute approximate surface area is 156 Å². The van der Waals surface area contributed by atoms with E-state index < -0.39 is 0 Å². The maximum absolute atomic E-state index is 13.2. The first-order valence-electron chi connectivity index (χ1n) is 8.16. The van der Waals surface area contributed by atoms with Crippen molar-refractivity contribution in [3.05, 3.63) is 71.1 Å². The van der Waals surface area contributed by atoms with Crippen molar-refractivity contribution in [1.82, 2.24) is 15.1 Å². The van der Waals surface area contributed by atoms with Crippen molar-refractivity contribution in [2.75, 3.05) is 20.2 Å². The van der Waals surface area contributed by atoms with Crippen LogP contribution < -0.4 is 14.8 Å². The minimum Gasteiger partial charge on any atom is -0.487 e. The molecule has 3 rings (SSSR count). The first kappa shape index (κ1) is 18.2. The number of hydrogen-bond acceptors (Lipinski definition) is 4. The number of benzene rings is 2. The summed E-state index contributed by atoms with van der Waals surface area (Å²) in [6.07, 6.45) is 1.80. The number of hydrogen-bond donors (Lipinski definition) is 1. The fraction of sp³-hybridized carbons (Fsp3) is 0.211. The number of rotatable bonds is 8. The van der Waals surface area contributed by atoms with Gasteiger partial charge >= 0.3 is 0 Å². The molecule has 0 saturated carbocycles. The molecule has 0 saturated heterocycles. The molecule has 1 aromatic heterocycles. The van der Waals surface area contributed by atoms with Crippen LogP contribution in [0.1, 0.15) is 5.56 Å². The fourth-order valence-electron chi connectivity index (χ4n) is 2.32. The SMILES string of the molecule is CNCCOc1ccn(-c2ccc(OCc3cccc(F)c3)c(Cl)c2)n1. The zero-order chi connectivity index (χ0) is 18.4. The van der Waals surface area contributed by atoms with Gasteiger partial charge in [0.2, 0.25) is 5.88 Å². The highest BCUT2D eigenvalue weighted by molar-refractivity contribution is 6.32. The van der Waals surface area contributed by atoms with Gasteiger partial charge in [0.25, 0.3) is 0 Å². The van der Waals surface area contributed by atoms with E-state index in [4.69, 9.17) is 21.1 Å². The Kier molecular flexibility index (Phi) is 6.09. The molecule has 1 N–H and O–H groups in total. The molecule has 0 bridgehead atoms. The minimum atomic E-state index is -0.293. The van der Waals surface area contributed by atoms with Crippen LogP contribution in [0.5, 0.6) is 11.6 Å². The highest BCUT2D eigenvalue weighted by atomic mass is 35.5. The molecule has 0 spiro atoms. The summed E-state index contributed by atoms with van der Waals surface area (Å²) in [5, 5.41) is 7.81. The predicted octanol–water partition coefficient (Wildman–Crippen LogP) is 3.84. The lowest BCUT2D eigenvalue weighted by molar-refractivity contribution is 0.304. The second-order valence-corrected chi connectivity index (χ2v) is 5.99. The van der Waals surface area contributed by atoms with E-state index in [9.17, 15) is 4.39 Å². The lowest BCUT2D eigenvalue weighted by Gasteiger charge is -2.10. The van der Waals surface area contributed by atoms with Gasteiger partial charge in [0.1, 0.15) is 24.8 Å². The summed E-state index contributed by atoms with van der Waals surface area (Å²) < 4.78 is 26.1. The van der Waals surface area contributed by atoms with Gasteiger partial charge in [0, 0.05) is 18.8 Å². The lowest BCUT2D eigenvalue weighted by atomic mass is 10.2. The molecule has 0 atom stereocenters. The quantitative estimate of drug-likeness (QED) is 0.608. The maximum Gasteiger partial charge on any atom is 0.233 e. The largest absolute Gasteiger partial charge is 0.487 e. The zero-order valence-electron chi connectivity index (χ0n) is 14.3. The molecule has 0 amide bonds. The monoisotopic (exact) mass is 375 g/mol. The van der Waals surface area contributed by atoms with Gasteiger partial charge in [-0.05, 0) is 42.9 Å². The number of aromatic nitrogens is 2. The normalized spacial score (nSPS) is 10.7. The standard InChI is InChI=1S/C19H19ClFN3O2/c1-22-8-10-25-19-7-9-24(23-19)16-5-6-18(17(20)12-16)26-13-14-3-2-4-15(21)11-14/h2-7,9,11-12,22H,8,10,13H2,1H3. The summed E-state index contributed by atoms with van der Waals surface area (Å²) >= 11 is 6.31. The van der Waals surface area contributed by atoms with E-state index in [0.29, 0.717) is 23.3 Å². The van der Waals surface area contributed by atoms with Crippen LogP contribution in [0.2, 0.25) is 5.02 Å². The lowest BCUT2D eigenvalue weighted by Crippen LogP contribution is -2.16. The molecule has 136 valence electrons. The van der Waals surface area contributed by atoms with E-state index >= 15 is 0 Å². The third-order valence-corrected chi connectivity index (χ3v) is 3.93. The van der Waals surface area contributed by atoms with E-state index in [1.165, 1.54) is 12.1 Å². The van der Waals surface area contributed by atoms with Crippen molar-refractivity contribution >= 4 is 11.6 Å². The van der Waals surface area contributed by atoms with Gasteiger partial charge in [-0.15, -0.1) is 5.10 Å². The van der Waals surface area contributed by atoms with Gasteiger partial charge in [0.15, 0.2) is 0 Å². The molecule has 0 aliphatic rings. The Morgan fingerprint density at radius 1 is 1.15 bits per heavy atom. The van der Waals surface area contributed by atoms with Crippen LogP contribution in [0.25, 0.3) is 5.69 Å². The van der Waals surface area contributed by atoms with Crippen LogP contribution in [-0.2, 0) is 6.61 Å². The fourth-order valence-corrected chi connectivity index (χ4v) is 2.55. The summed E-state index contributed by atoms with van der Waals surface area (Å²) in [5.74, 6) is 0.777. The van der Waals surface area contributed by atoms with Crippen molar-refractivity contribution in [3.8, 4) is 17.3 Å². The molecule has 5 nitrogen and oxygen atoms in total. The highest BCUT2D eigenvalue weighted by Gasteiger charge is 2.07. The summed E-state index contributed by atoms with van der Waals surface area (Å²) in [4.78, 5) is 0. The van der Waals surface area contributed by atoms with Gasteiger partial charge in [0.05, 0.1) is 10.7 Å². The smallest absolute Gasteiger partial charge is 0.233 e. The summed E-state index contributed by atoms with van der Waals surface area (Å²) in [6, 6.07) is 13.4. The number of nitrogens with one attached hydrogen (secondary N) is 1. The summed E-state index contributed by atoms with van der Waals surface area (Å²) in [6.45, 7) is 1.53. The highest BCUT2D eigenvalue weighted by Crippen LogP contribution is 2.28. The Hall–Kier alpha value is -2.57. The zero-order valence-corrected chi connectivity index (χ0v) is 15.0. The van der Waals surface area contributed by atoms with Crippen molar-refractivity contribution in [2.45, 2.75) is 6.61 Å². The number of ether oxygens (including phenoxy) is 2. The van der Waals surface area contributed by atoms with E-state index in [1.54, 1.807) is 41.2 Å². The number of likely N-dealkylation sites (N-methyl/N-ethyl adjacent to an activating group) is 1. The van der Waals surface area contributed by atoms with Crippen molar-refractivity contribution in [1.29, 1.82) is 0 Å². The molecule has 0 aliphatic heterocycles. The van der Waals surface area contributed by atoms with E-state index in [2.05, 4.69) is 10.4 Å². The third kappa shape index (κ3) is 4.74. The van der Waals surface area contributed by atoms with Crippen LogP contribution in [0.15, 0.2) is 54.7 Å². The third-order valence-electron chi connectivity index (χ3n) is 3.63. The number of nitrogens with zero attached hydrogens (tertiary/aromatic N) is 2. The molecule has 2 aromatic carbocycles. The second-order valence-electron chi connectivity index (χ2n) is 5.58. The summed E-state index contributed by atoms with van der Waals surface area (Å²) in [7, 11) is 1.86. The van der Waals surface area contributed by atoms with Crippen LogP contribution in [0.3, 0.4) is 0 Å². The minimum absolute atomic E-state index is 0.238. The van der Waals surface area contributed by atoms with Crippen LogP contribution in [0.4, 0.5) is 4.39 Å². The van der Waals surface area contributed by atoms with E-state index in [0.717, 1.165) is 17.8 Å².